The number of aryl methyl sites for hydroxylation is 1. The Morgan fingerprint density at radius 3 is 2.71 bits per heavy atom. The highest BCUT2D eigenvalue weighted by molar-refractivity contribution is 7.91. The minimum Gasteiger partial charge on any atom is -0.384 e. The molecular formula is C16H20N2O2S. The topological polar surface area (TPSA) is 59.1 Å². The zero-order valence-corrected chi connectivity index (χ0v) is 13.0. The second-order valence-electron chi connectivity index (χ2n) is 5.80. The van der Waals surface area contributed by atoms with Gasteiger partial charge in [0.25, 0.3) is 0 Å². The van der Waals surface area contributed by atoms with Gasteiger partial charge < -0.3 is 5.32 Å². The Hall–Kier alpha value is -1.62. The summed E-state index contributed by atoms with van der Waals surface area (Å²) in [6.07, 6.45) is 1.52. The van der Waals surface area contributed by atoms with E-state index in [1.807, 2.05) is 25.1 Å². The maximum absolute atomic E-state index is 11.5. The Morgan fingerprint density at radius 1 is 1.24 bits per heavy atom. The Morgan fingerprint density at radius 2 is 1.95 bits per heavy atom. The molecule has 0 saturated carbocycles. The largest absolute Gasteiger partial charge is 0.384 e. The van der Waals surface area contributed by atoms with Gasteiger partial charge in [-0.05, 0) is 37.8 Å². The second kappa shape index (κ2) is 5.64. The lowest BCUT2D eigenvalue weighted by Crippen LogP contribution is -2.27. The number of nitrogens with one attached hydrogen (secondary N) is 1. The fraction of sp³-hybridized carbons (Fsp3) is 0.438. The summed E-state index contributed by atoms with van der Waals surface area (Å²) in [6, 6.07) is 10.1. The van der Waals surface area contributed by atoms with Crippen LogP contribution in [0.3, 0.4) is 0 Å². The van der Waals surface area contributed by atoms with E-state index in [-0.39, 0.29) is 0 Å². The first kappa shape index (κ1) is 14.3. The predicted molar refractivity (Wildman–Crippen MR) is 86.3 cm³/mol. The lowest BCUT2D eigenvalue weighted by Gasteiger charge is -2.23. The molecule has 3 rings (SSSR count). The van der Waals surface area contributed by atoms with Gasteiger partial charge in [-0.2, -0.15) is 0 Å². The molecule has 1 N–H and O–H groups in total. The molecule has 2 heterocycles. The second-order valence-corrected chi connectivity index (χ2v) is 8.11. The number of aromatic nitrogens is 1. The number of pyridine rings is 1. The molecule has 1 aliphatic heterocycles. The summed E-state index contributed by atoms with van der Waals surface area (Å²) < 4.78 is 22.9. The molecular weight excluding hydrogens is 284 g/mol. The van der Waals surface area contributed by atoms with Gasteiger partial charge in [-0.3, -0.25) is 4.98 Å². The first-order chi connectivity index (χ1) is 10.0. The third-order valence-electron chi connectivity index (χ3n) is 4.10. The molecule has 0 unspecified atom stereocenters. The van der Waals surface area contributed by atoms with Crippen molar-refractivity contribution >= 4 is 26.4 Å². The van der Waals surface area contributed by atoms with E-state index in [2.05, 4.69) is 22.4 Å². The highest BCUT2D eigenvalue weighted by atomic mass is 32.2. The third kappa shape index (κ3) is 3.35. The van der Waals surface area contributed by atoms with Gasteiger partial charge >= 0.3 is 0 Å². The van der Waals surface area contributed by atoms with Crippen LogP contribution in [0.1, 0.15) is 18.5 Å². The van der Waals surface area contributed by atoms with Crippen LogP contribution in [0.25, 0.3) is 10.9 Å². The van der Waals surface area contributed by atoms with E-state index in [1.165, 1.54) is 0 Å². The molecule has 0 radical (unpaired) electrons. The fourth-order valence-electron chi connectivity index (χ4n) is 2.85. The van der Waals surface area contributed by atoms with Gasteiger partial charge in [0.1, 0.15) is 9.84 Å². The molecule has 112 valence electrons. The molecule has 1 aromatic carbocycles. The van der Waals surface area contributed by atoms with E-state index in [4.69, 9.17) is 0 Å². The number of hydrogen-bond donors (Lipinski definition) is 1. The summed E-state index contributed by atoms with van der Waals surface area (Å²) in [7, 11) is -2.78. The summed E-state index contributed by atoms with van der Waals surface area (Å²) in [6.45, 7) is 2.81. The van der Waals surface area contributed by atoms with Crippen LogP contribution >= 0.6 is 0 Å². The Kier molecular flexibility index (Phi) is 3.85. The predicted octanol–water partition coefficient (Wildman–Crippen LogP) is 2.78. The van der Waals surface area contributed by atoms with Crippen molar-refractivity contribution < 1.29 is 8.42 Å². The number of nitrogens with zero attached hydrogens (tertiary/aromatic N) is 1. The first-order valence-electron chi connectivity index (χ1n) is 7.34. The van der Waals surface area contributed by atoms with Gasteiger partial charge in [-0.1, -0.05) is 18.2 Å². The van der Waals surface area contributed by atoms with Crippen molar-refractivity contribution in [1.82, 2.24) is 4.98 Å². The average Bonchev–Trinajstić information content (AvgIpc) is 2.45. The molecule has 1 aliphatic rings. The van der Waals surface area contributed by atoms with Crippen molar-refractivity contribution in [2.24, 2.45) is 5.92 Å². The van der Waals surface area contributed by atoms with E-state index in [0.29, 0.717) is 17.4 Å². The number of rotatable bonds is 3. The van der Waals surface area contributed by atoms with Gasteiger partial charge in [0.2, 0.25) is 0 Å². The van der Waals surface area contributed by atoms with Crippen molar-refractivity contribution in [1.29, 1.82) is 0 Å². The number of fused-ring (bicyclic) bond motifs is 1. The zero-order chi connectivity index (χ0) is 14.9. The fourth-order valence-corrected chi connectivity index (χ4v) is 4.44. The molecule has 21 heavy (non-hydrogen) atoms. The van der Waals surface area contributed by atoms with Crippen LogP contribution in [0.15, 0.2) is 30.3 Å². The van der Waals surface area contributed by atoms with Crippen LogP contribution in [-0.4, -0.2) is 31.5 Å². The van der Waals surface area contributed by atoms with Gasteiger partial charge in [-0.25, -0.2) is 8.42 Å². The molecule has 4 nitrogen and oxygen atoms in total. The number of hydrogen-bond acceptors (Lipinski definition) is 4. The zero-order valence-electron chi connectivity index (χ0n) is 12.2. The SMILES string of the molecule is Cc1cc(NCC2CCS(=O)(=O)CC2)c2ccccc2n1. The number of para-hydroxylation sites is 1. The Bertz CT molecular complexity index is 742. The lowest BCUT2D eigenvalue weighted by atomic mass is 10.0. The summed E-state index contributed by atoms with van der Waals surface area (Å²) in [5.74, 6) is 1.09. The molecule has 1 fully saturated rings. The van der Waals surface area contributed by atoms with Gasteiger partial charge in [0.15, 0.2) is 0 Å². The van der Waals surface area contributed by atoms with Gasteiger partial charge in [0.05, 0.1) is 17.0 Å². The third-order valence-corrected chi connectivity index (χ3v) is 5.82. The number of anilines is 1. The molecule has 0 amide bonds. The summed E-state index contributed by atoms with van der Waals surface area (Å²) in [4.78, 5) is 4.53. The van der Waals surface area contributed by atoms with E-state index >= 15 is 0 Å². The molecule has 1 saturated heterocycles. The van der Waals surface area contributed by atoms with Crippen molar-refractivity contribution in [3.63, 3.8) is 0 Å². The molecule has 1 aromatic heterocycles. The van der Waals surface area contributed by atoms with E-state index in [0.717, 1.165) is 41.7 Å². The highest BCUT2D eigenvalue weighted by Gasteiger charge is 2.23. The lowest BCUT2D eigenvalue weighted by molar-refractivity contribution is 0.484. The Balaban J connectivity index is 1.74. The van der Waals surface area contributed by atoms with Crippen LogP contribution in [-0.2, 0) is 9.84 Å². The summed E-state index contributed by atoms with van der Waals surface area (Å²) in [5, 5.41) is 4.61. The maximum Gasteiger partial charge on any atom is 0.150 e. The number of sulfone groups is 1. The van der Waals surface area contributed by atoms with Gasteiger partial charge in [-0.15, -0.1) is 0 Å². The standard InChI is InChI=1S/C16H20N2O2S/c1-12-10-16(14-4-2-3-5-15(14)18-12)17-11-13-6-8-21(19,20)9-7-13/h2-5,10,13H,6-9,11H2,1H3,(H,17,18). The van der Waals surface area contributed by atoms with Crippen LogP contribution in [0.2, 0.25) is 0 Å². The highest BCUT2D eigenvalue weighted by Crippen LogP contribution is 2.25. The number of benzene rings is 1. The van der Waals surface area contributed by atoms with Crippen LogP contribution in [0.5, 0.6) is 0 Å². The van der Waals surface area contributed by atoms with Crippen LogP contribution < -0.4 is 5.32 Å². The first-order valence-corrected chi connectivity index (χ1v) is 9.16. The molecule has 0 atom stereocenters. The molecule has 2 aromatic rings. The molecule has 0 spiro atoms. The average molecular weight is 304 g/mol. The molecule has 0 bridgehead atoms. The quantitative estimate of drug-likeness (QED) is 0.947. The summed E-state index contributed by atoms with van der Waals surface area (Å²) >= 11 is 0. The Labute approximate surface area is 125 Å². The summed E-state index contributed by atoms with van der Waals surface area (Å²) in [5.41, 5.74) is 3.07. The van der Waals surface area contributed by atoms with Crippen molar-refractivity contribution in [2.45, 2.75) is 19.8 Å². The van der Waals surface area contributed by atoms with Crippen molar-refractivity contribution in [3.05, 3.63) is 36.0 Å². The van der Waals surface area contributed by atoms with Crippen LogP contribution in [0, 0.1) is 12.8 Å². The molecule has 0 aliphatic carbocycles. The van der Waals surface area contributed by atoms with Crippen molar-refractivity contribution in [2.75, 3.05) is 23.4 Å². The maximum atomic E-state index is 11.5. The van der Waals surface area contributed by atoms with E-state index in [9.17, 15) is 8.42 Å². The minimum absolute atomic E-state index is 0.329. The normalized spacial score (nSPS) is 18.7. The molecule has 5 heteroatoms. The van der Waals surface area contributed by atoms with E-state index < -0.39 is 9.84 Å². The van der Waals surface area contributed by atoms with E-state index in [1.54, 1.807) is 0 Å². The van der Waals surface area contributed by atoms with Crippen LogP contribution in [0.4, 0.5) is 5.69 Å². The monoisotopic (exact) mass is 304 g/mol. The smallest absolute Gasteiger partial charge is 0.150 e. The minimum atomic E-state index is -2.78. The van der Waals surface area contributed by atoms with Gasteiger partial charge in [0, 0.05) is 23.3 Å². The van der Waals surface area contributed by atoms with Crippen molar-refractivity contribution in [3.8, 4) is 0 Å².